The van der Waals surface area contributed by atoms with Gasteiger partial charge in [-0.2, -0.15) is 0 Å². The molecule has 20 heavy (non-hydrogen) atoms. The van der Waals surface area contributed by atoms with Crippen LogP contribution >= 0.6 is 0 Å². The van der Waals surface area contributed by atoms with E-state index in [0.29, 0.717) is 24.3 Å². The molecule has 2 atom stereocenters. The van der Waals surface area contributed by atoms with E-state index < -0.39 is 0 Å². The van der Waals surface area contributed by atoms with Crippen LogP contribution in [0, 0.1) is 23.7 Å². The molecule has 0 aromatic heterocycles. The lowest BCUT2D eigenvalue weighted by molar-refractivity contribution is -0.151. The van der Waals surface area contributed by atoms with Crippen LogP contribution in [0.4, 0.5) is 0 Å². The van der Waals surface area contributed by atoms with Crippen molar-refractivity contribution in [3.63, 3.8) is 0 Å². The predicted octanol–water partition coefficient (Wildman–Crippen LogP) is 2.29. The smallest absolute Gasteiger partial charge is 0.246 e. The second-order valence-electron chi connectivity index (χ2n) is 7.05. The van der Waals surface area contributed by atoms with Gasteiger partial charge in [-0.15, -0.1) is 0 Å². The summed E-state index contributed by atoms with van der Waals surface area (Å²) in [5.41, 5.74) is 0. The summed E-state index contributed by atoms with van der Waals surface area (Å²) in [7, 11) is 0. The monoisotopic (exact) mass is 282 g/mol. The average molecular weight is 282 g/mol. The molecule has 2 unspecified atom stereocenters. The maximum absolute atomic E-state index is 12.6. The van der Waals surface area contributed by atoms with Crippen molar-refractivity contribution in [3.8, 4) is 0 Å². The highest BCUT2D eigenvalue weighted by Crippen LogP contribution is 2.25. The van der Waals surface area contributed by atoms with Crippen molar-refractivity contribution in [1.82, 2.24) is 10.2 Å². The predicted molar refractivity (Wildman–Crippen MR) is 81.1 cm³/mol. The van der Waals surface area contributed by atoms with Crippen LogP contribution in [0.2, 0.25) is 0 Å². The normalized spacial score (nSPS) is 24.2. The average Bonchev–Trinajstić information content (AvgIpc) is 2.32. The summed E-state index contributed by atoms with van der Waals surface area (Å²) in [6, 6.07) is -0.740. The molecule has 1 saturated heterocycles. The van der Waals surface area contributed by atoms with Crippen molar-refractivity contribution in [3.05, 3.63) is 0 Å². The maximum Gasteiger partial charge on any atom is 0.246 e. The summed E-state index contributed by atoms with van der Waals surface area (Å²) in [5.74, 6) is 1.57. The van der Waals surface area contributed by atoms with E-state index in [1.54, 1.807) is 4.90 Å². The molecule has 1 rings (SSSR count). The zero-order valence-corrected chi connectivity index (χ0v) is 13.9. The minimum absolute atomic E-state index is 0.0328. The van der Waals surface area contributed by atoms with E-state index in [0.717, 1.165) is 0 Å². The van der Waals surface area contributed by atoms with Gasteiger partial charge in [-0.1, -0.05) is 41.5 Å². The minimum Gasteiger partial charge on any atom is -0.342 e. The molecule has 0 saturated carbocycles. The van der Waals surface area contributed by atoms with Crippen LogP contribution < -0.4 is 5.32 Å². The summed E-state index contributed by atoms with van der Waals surface area (Å²) in [6.07, 6.45) is 0. The van der Waals surface area contributed by atoms with E-state index in [-0.39, 0.29) is 29.8 Å². The molecule has 2 amide bonds. The van der Waals surface area contributed by atoms with Crippen molar-refractivity contribution in [2.45, 2.75) is 60.5 Å². The Morgan fingerprint density at radius 1 is 1.05 bits per heavy atom. The van der Waals surface area contributed by atoms with Crippen molar-refractivity contribution in [2.24, 2.45) is 23.7 Å². The van der Waals surface area contributed by atoms with E-state index in [4.69, 9.17) is 0 Å². The largest absolute Gasteiger partial charge is 0.342 e. The quantitative estimate of drug-likeness (QED) is 0.841. The van der Waals surface area contributed by atoms with E-state index >= 15 is 0 Å². The molecule has 0 spiro atoms. The highest BCUT2D eigenvalue weighted by Gasteiger charge is 2.40. The molecule has 4 nitrogen and oxygen atoms in total. The highest BCUT2D eigenvalue weighted by atomic mass is 16.2. The fourth-order valence-electron chi connectivity index (χ4n) is 2.97. The SMILES string of the molecule is CC(C)C1NC(=O)C(C)N(CC(C(C)C)C(C)C)C1=O. The van der Waals surface area contributed by atoms with E-state index in [9.17, 15) is 9.59 Å². The molecule has 0 aromatic rings. The number of hydrogen-bond acceptors (Lipinski definition) is 2. The highest BCUT2D eigenvalue weighted by molar-refractivity contribution is 5.96. The van der Waals surface area contributed by atoms with Crippen LogP contribution in [0.15, 0.2) is 0 Å². The number of hydrogen-bond donors (Lipinski definition) is 1. The zero-order valence-electron chi connectivity index (χ0n) is 13.9. The van der Waals surface area contributed by atoms with Crippen molar-refractivity contribution in [2.75, 3.05) is 6.54 Å². The Hall–Kier alpha value is -1.06. The number of nitrogens with one attached hydrogen (secondary N) is 1. The van der Waals surface area contributed by atoms with Crippen LogP contribution in [0.1, 0.15) is 48.5 Å². The third kappa shape index (κ3) is 3.53. The first-order valence-corrected chi connectivity index (χ1v) is 7.77. The Bertz CT molecular complexity index is 355. The molecule has 1 heterocycles. The first-order chi connectivity index (χ1) is 9.16. The molecule has 1 fully saturated rings. The third-order valence-electron chi connectivity index (χ3n) is 4.48. The second-order valence-corrected chi connectivity index (χ2v) is 7.05. The molecule has 116 valence electrons. The van der Waals surface area contributed by atoms with E-state index in [1.165, 1.54) is 0 Å². The van der Waals surface area contributed by atoms with Gasteiger partial charge in [-0.05, 0) is 30.6 Å². The van der Waals surface area contributed by atoms with Crippen molar-refractivity contribution >= 4 is 11.8 Å². The summed E-state index contributed by atoms with van der Waals surface area (Å²) in [5, 5.41) is 2.85. The number of amides is 2. The second kappa shape index (κ2) is 6.59. The summed E-state index contributed by atoms with van der Waals surface area (Å²) < 4.78 is 0. The number of rotatable bonds is 5. The summed E-state index contributed by atoms with van der Waals surface area (Å²) >= 11 is 0. The van der Waals surface area contributed by atoms with Gasteiger partial charge >= 0.3 is 0 Å². The van der Waals surface area contributed by atoms with Crippen LogP contribution in [0.5, 0.6) is 0 Å². The third-order valence-corrected chi connectivity index (χ3v) is 4.48. The molecule has 1 aliphatic heterocycles. The van der Waals surface area contributed by atoms with Crippen molar-refractivity contribution < 1.29 is 9.59 Å². The van der Waals surface area contributed by atoms with Gasteiger partial charge in [0.1, 0.15) is 12.1 Å². The molecule has 1 N–H and O–H groups in total. The summed E-state index contributed by atoms with van der Waals surface area (Å²) in [6.45, 7) is 15.2. The Balaban J connectivity index is 2.94. The molecule has 0 aliphatic carbocycles. The number of piperazine rings is 1. The van der Waals surface area contributed by atoms with E-state index in [2.05, 4.69) is 33.0 Å². The van der Waals surface area contributed by atoms with Gasteiger partial charge in [0.25, 0.3) is 0 Å². The fourth-order valence-corrected chi connectivity index (χ4v) is 2.97. The standard InChI is InChI=1S/C16H30N2O2/c1-9(2)13(10(3)4)8-18-12(7)15(19)17-14(11(5)6)16(18)20/h9-14H,8H2,1-7H3,(H,17,19). The van der Waals surface area contributed by atoms with Gasteiger partial charge in [0.2, 0.25) is 11.8 Å². The van der Waals surface area contributed by atoms with Crippen LogP contribution in [-0.2, 0) is 9.59 Å². The Labute approximate surface area is 123 Å². The van der Waals surface area contributed by atoms with Crippen LogP contribution in [-0.4, -0.2) is 35.3 Å². The first kappa shape index (κ1) is 17.0. The van der Waals surface area contributed by atoms with Gasteiger partial charge in [-0.3, -0.25) is 9.59 Å². The number of nitrogens with zero attached hydrogens (tertiary/aromatic N) is 1. The molecule has 0 aromatic carbocycles. The van der Waals surface area contributed by atoms with Gasteiger partial charge in [0.05, 0.1) is 0 Å². The zero-order chi connectivity index (χ0) is 15.6. The first-order valence-electron chi connectivity index (χ1n) is 7.77. The topological polar surface area (TPSA) is 49.4 Å². The Kier molecular flexibility index (Phi) is 5.60. The Morgan fingerprint density at radius 2 is 1.55 bits per heavy atom. The lowest BCUT2D eigenvalue weighted by Crippen LogP contribution is -2.64. The minimum atomic E-state index is -0.376. The van der Waals surface area contributed by atoms with Gasteiger partial charge < -0.3 is 10.2 Å². The molecule has 4 heteroatoms. The molecular weight excluding hydrogens is 252 g/mol. The molecular formula is C16H30N2O2. The van der Waals surface area contributed by atoms with Gasteiger partial charge in [0, 0.05) is 6.54 Å². The van der Waals surface area contributed by atoms with Crippen LogP contribution in [0.3, 0.4) is 0 Å². The molecule has 0 radical (unpaired) electrons. The van der Waals surface area contributed by atoms with E-state index in [1.807, 2.05) is 20.8 Å². The van der Waals surface area contributed by atoms with Crippen molar-refractivity contribution in [1.29, 1.82) is 0 Å². The lowest BCUT2D eigenvalue weighted by Gasteiger charge is -2.41. The maximum atomic E-state index is 12.6. The van der Waals surface area contributed by atoms with Crippen LogP contribution in [0.25, 0.3) is 0 Å². The summed E-state index contributed by atoms with van der Waals surface area (Å²) in [4.78, 5) is 26.5. The molecule has 1 aliphatic rings. The van der Waals surface area contributed by atoms with Gasteiger partial charge in [0.15, 0.2) is 0 Å². The van der Waals surface area contributed by atoms with Gasteiger partial charge in [-0.25, -0.2) is 0 Å². The molecule has 0 bridgehead atoms. The fraction of sp³-hybridized carbons (Fsp3) is 0.875. The number of carbonyl (C=O) groups is 2. The lowest BCUT2D eigenvalue weighted by atomic mass is 9.84. The number of carbonyl (C=O) groups excluding carboxylic acids is 2. The Morgan fingerprint density at radius 3 is 1.95 bits per heavy atom.